The molecular weight excluding hydrogens is 288 g/mol. The van der Waals surface area contributed by atoms with E-state index >= 15 is 0 Å². The van der Waals surface area contributed by atoms with Crippen LogP contribution in [0.5, 0.6) is 0 Å². The molecule has 5 heteroatoms. The number of carbonyl (C=O) groups is 1. The van der Waals surface area contributed by atoms with Gasteiger partial charge in [0.15, 0.2) is 0 Å². The quantitative estimate of drug-likeness (QED) is 0.805. The van der Waals surface area contributed by atoms with Crippen LogP contribution in [0.4, 0.5) is 0 Å². The highest BCUT2D eigenvalue weighted by Crippen LogP contribution is 2.25. The molecule has 0 spiro atoms. The second kappa shape index (κ2) is 6.20. The molecule has 0 aliphatic carbocycles. The van der Waals surface area contributed by atoms with Gasteiger partial charge in [0.25, 0.3) is 5.91 Å². The zero-order valence-electron chi connectivity index (χ0n) is 13.5. The Hall–Kier alpha value is -2.69. The maximum atomic E-state index is 12.5. The molecule has 2 heterocycles. The lowest BCUT2D eigenvalue weighted by Crippen LogP contribution is -2.33. The molecule has 1 N–H and O–H groups in total. The first kappa shape index (κ1) is 15.2. The maximum absolute atomic E-state index is 12.5. The SMILES string of the molecule is CC(C)C(NC(=O)c1cccnc1)c1nc2ccccc2n1C. The van der Waals surface area contributed by atoms with Gasteiger partial charge < -0.3 is 9.88 Å². The fraction of sp³-hybridized carbons (Fsp3) is 0.278. The molecule has 23 heavy (non-hydrogen) atoms. The average Bonchev–Trinajstić information content (AvgIpc) is 2.90. The summed E-state index contributed by atoms with van der Waals surface area (Å²) >= 11 is 0. The van der Waals surface area contributed by atoms with Gasteiger partial charge in [-0.05, 0) is 30.2 Å². The van der Waals surface area contributed by atoms with Crippen LogP contribution in [0.1, 0.15) is 36.1 Å². The van der Waals surface area contributed by atoms with Crippen molar-refractivity contribution >= 4 is 16.9 Å². The third kappa shape index (κ3) is 2.95. The van der Waals surface area contributed by atoms with Crippen LogP contribution >= 0.6 is 0 Å². The van der Waals surface area contributed by atoms with Crippen LogP contribution in [-0.4, -0.2) is 20.4 Å². The number of hydrogen-bond donors (Lipinski definition) is 1. The Morgan fingerprint density at radius 1 is 1.17 bits per heavy atom. The van der Waals surface area contributed by atoms with E-state index in [4.69, 9.17) is 4.98 Å². The second-order valence-corrected chi connectivity index (χ2v) is 5.95. The Bertz CT molecular complexity index is 823. The highest BCUT2D eigenvalue weighted by atomic mass is 16.1. The van der Waals surface area contributed by atoms with Gasteiger partial charge in [-0.15, -0.1) is 0 Å². The summed E-state index contributed by atoms with van der Waals surface area (Å²) in [6, 6.07) is 11.3. The Morgan fingerprint density at radius 2 is 1.96 bits per heavy atom. The smallest absolute Gasteiger partial charge is 0.253 e. The summed E-state index contributed by atoms with van der Waals surface area (Å²) in [7, 11) is 1.98. The molecule has 3 aromatic rings. The largest absolute Gasteiger partial charge is 0.342 e. The number of amides is 1. The van der Waals surface area contributed by atoms with Gasteiger partial charge in [-0.1, -0.05) is 26.0 Å². The first-order valence-corrected chi connectivity index (χ1v) is 7.70. The number of benzene rings is 1. The summed E-state index contributed by atoms with van der Waals surface area (Å²) in [6.45, 7) is 4.15. The summed E-state index contributed by atoms with van der Waals surface area (Å²) in [4.78, 5) is 21.2. The van der Waals surface area contributed by atoms with Gasteiger partial charge in [0.1, 0.15) is 5.82 Å². The zero-order chi connectivity index (χ0) is 16.4. The van der Waals surface area contributed by atoms with Crippen molar-refractivity contribution in [1.82, 2.24) is 19.9 Å². The standard InChI is InChI=1S/C18H20N4O/c1-12(2)16(21-18(23)13-7-6-10-19-11-13)17-20-14-8-4-5-9-15(14)22(17)3/h4-12,16H,1-3H3,(H,21,23). The van der Waals surface area contributed by atoms with Gasteiger partial charge in [0.2, 0.25) is 0 Å². The highest BCUT2D eigenvalue weighted by molar-refractivity contribution is 5.94. The summed E-state index contributed by atoms with van der Waals surface area (Å²) in [5, 5.41) is 3.09. The van der Waals surface area contributed by atoms with E-state index in [1.54, 1.807) is 24.5 Å². The maximum Gasteiger partial charge on any atom is 0.253 e. The molecule has 118 valence electrons. The fourth-order valence-corrected chi connectivity index (χ4v) is 2.69. The summed E-state index contributed by atoms with van der Waals surface area (Å²) in [6.07, 6.45) is 3.23. The summed E-state index contributed by atoms with van der Waals surface area (Å²) < 4.78 is 2.05. The van der Waals surface area contributed by atoms with Crippen molar-refractivity contribution < 1.29 is 4.79 Å². The number of aromatic nitrogens is 3. The van der Waals surface area contributed by atoms with Crippen molar-refractivity contribution in [2.24, 2.45) is 13.0 Å². The van der Waals surface area contributed by atoms with Gasteiger partial charge in [-0.3, -0.25) is 9.78 Å². The molecule has 0 saturated carbocycles. The average molecular weight is 308 g/mol. The molecule has 1 atom stereocenters. The lowest BCUT2D eigenvalue weighted by atomic mass is 10.0. The molecule has 5 nitrogen and oxygen atoms in total. The van der Waals surface area contributed by atoms with Crippen LogP contribution in [0, 0.1) is 5.92 Å². The van der Waals surface area contributed by atoms with Crippen LogP contribution in [-0.2, 0) is 7.05 Å². The molecule has 0 aliphatic heterocycles. The Balaban J connectivity index is 1.95. The van der Waals surface area contributed by atoms with E-state index in [0.717, 1.165) is 16.9 Å². The van der Waals surface area contributed by atoms with Crippen LogP contribution < -0.4 is 5.32 Å². The predicted molar refractivity (Wildman–Crippen MR) is 90.0 cm³/mol. The number of pyridine rings is 1. The molecule has 0 aliphatic rings. The van der Waals surface area contributed by atoms with Crippen molar-refractivity contribution in [1.29, 1.82) is 0 Å². The number of nitrogens with zero attached hydrogens (tertiary/aromatic N) is 3. The van der Waals surface area contributed by atoms with Crippen molar-refractivity contribution in [3.05, 3.63) is 60.2 Å². The van der Waals surface area contributed by atoms with Crippen LogP contribution in [0.2, 0.25) is 0 Å². The van der Waals surface area contributed by atoms with Gasteiger partial charge in [0, 0.05) is 19.4 Å². The molecule has 1 amide bonds. The molecule has 3 rings (SSSR count). The first-order valence-electron chi connectivity index (χ1n) is 7.70. The second-order valence-electron chi connectivity index (χ2n) is 5.95. The zero-order valence-corrected chi connectivity index (χ0v) is 13.5. The molecule has 0 fully saturated rings. The Morgan fingerprint density at radius 3 is 2.61 bits per heavy atom. The van der Waals surface area contributed by atoms with E-state index in [1.165, 1.54) is 0 Å². The van der Waals surface area contributed by atoms with Crippen LogP contribution in [0.25, 0.3) is 11.0 Å². The molecule has 0 radical (unpaired) electrons. The van der Waals surface area contributed by atoms with Gasteiger partial charge in [0.05, 0.1) is 22.6 Å². The number of imidazole rings is 1. The van der Waals surface area contributed by atoms with Gasteiger partial charge >= 0.3 is 0 Å². The van der Waals surface area contributed by atoms with E-state index in [2.05, 4.69) is 24.1 Å². The van der Waals surface area contributed by atoms with E-state index in [1.807, 2.05) is 35.9 Å². The molecule has 2 aromatic heterocycles. The topological polar surface area (TPSA) is 59.8 Å². The van der Waals surface area contributed by atoms with Gasteiger partial charge in [-0.25, -0.2) is 4.98 Å². The number of nitrogens with one attached hydrogen (secondary N) is 1. The lowest BCUT2D eigenvalue weighted by molar-refractivity contribution is 0.0922. The number of rotatable bonds is 4. The minimum absolute atomic E-state index is 0.135. The van der Waals surface area contributed by atoms with Crippen molar-refractivity contribution in [2.45, 2.75) is 19.9 Å². The minimum Gasteiger partial charge on any atom is -0.342 e. The Labute approximate surface area is 135 Å². The van der Waals surface area contributed by atoms with Crippen LogP contribution in [0.3, 0.4) is 0 Å². The summed E-state index contributed by atoms with van der Waals surface area (Å²) in [5.41, 5.74) is 2.55. The molecule has 0 saturated heterocycles. The van der Waals surface area contributed by atoms with Gasteiger partial charge in [-0.2, -0.15) is 0 Å². The molecular formula is C18H20N4O. The van der Waals surface area contributed by atoms with E-state index in [-0.39, 0.29) is 17.9 Å². The number of carbonyl (C=O) groups excluding carboxylic acids is 1. The molecule has 1 aromatic carbocycles. The summed E-state index contributed by atoms with van der Waals surface area (Å²) in [5.74, 6) is 0.938. The van der Waals surface area contributed by atoms with Crippen molar-refractivity contribution in [3.63, 3.8) is 0 Å². The third-order valence-electron chi connectivity index (χ3n) is 3.98. The van der Waals surface area contributed by atoms with E-state index in [9.17, 15) is 4.79 Å². The van der Waals surface area contributed by atoms with Crippen LogP contribution in [0.15, 0.2) is 48.8 Å². The number of hydrogen-bond acceptors (Lipinski definition) is 3. The Kier molecular flexibility index (Phi) is 4.10. The number of para-hydroxylation sites is 2. The van der Waals surface area contributed by atoms with E-state index < -0.39 is 0 Å². The number of aryl methyl sites for hydroxylation is 1. The minimum atomic E-state index is -0.167. The highest BCUT2D eigenvalue weighted by Gasteiger charge is 2.24. The first-order chi connectivity index (χ1) is 11.1. The monoisotopic (exact) mass is 308 g/mol. The fourth-order valence-electron chi connectivity index (χ4n) is 2.69. The van der Waals surface area contributed by atoms with Crippen molar-refractivity contribution in [3.8, 4) is 0 Å². The van der Waals surface area contributed by atoms with Crippen molar-refractivity contribution in [2.75, 3.05) is 0 Å². The predicted octanol–water partition coefficient (Wildman–Crippen LogP) is 3.10. The lowest BCUT2D eigenvalue weighted by Gasteiger charge is -2.22. The molecule has 0 bridgehead atoms. The van der Waals surface area contributed by atoms with E-state index in [0.29, 0.717) is 5.56 Å². The third-order valence-corrected chi connectivity index (χ3v) is 3.98. The normalized spacial score (nSPS) is 12.5. The molecule has 1 unspecified atom stereocenters. The number of fused-ring (bicyclic) bond motifs is 1.